The number of nitrogens with zero attached hydrogens (tertiary/aromatic N) is 3. The first-order chi connectivity index (χ1) is 13.1. The molecule has 0 fully saturated rings. The van der Waals surface area contributed by atoms with Crippen LogP contribution in [0.2, 0.25) is 0 Å². The van der Waals surface area contributed by atoms with E-state index in [1.54, 1.807) is 19.9 Å². The summed E-state index contributed by atoms with van der Waals surface area (Å²) in [5, 5.41) is 0. The highest BCUT2D eigenvalue weighted by atomic mass is 19.4. The van der Waals surface area contributed by atoms with Crippen molar-refractivity contribution in [3.8, 4) is 17.1 Å². The molecule has 10 heteroatoms. The van der Waals surface area contributed by atoms with Crippen LogP contribution in [0, 0.1) is 12.7 Å². The number of aromatic amines is 1. The summed E-state index contributed by atoms with van der Waals surface area (Å²) in [4.78, 5) is 26.6. The lowest BCUT2D eigenvalue weighted by Crippen LogP contribution is -2.18. The van der Waals surface area contributed by atoms with Crippen LogP contribution in [0.5, 0.6) is 5.75 Å². The number of hydrogen-bond acceptors (Lipinski definition) is 5. The highest BCUT2D eigenvalue weighted by Crippen LogP contribution is 2.30. The molecular weight excluding hydrogens is 380 g/mol. The molecule has 6 nitrogen and oxygen atoms in total. The molecule has 0 spiro atoms. The molecule has 0 aliphatic heterocycles. The molecule has 1 aromatic carbocycles. The van der Waals surface area contributed by atoms with Crippen LogP contribution in [0.15, 0.2) is 41.5 Å². The van der Waals surface area contributed by atoms with Gasteiger partial charge in [0.2, 0.25) is 0 Å². The Morgan fingerprint density at radius 2 is 1.86 bits per heavy atom. The van der Waals surface area contributed by atoms with E-state index in [4.69, 9.17) is 0 Å². The second-order valence-electron chi connectivity index (χ2n) is 6.00. The number of ether oxygens (including phenoxy) is 1. The smallest absolute Gasteiger partial charge is 0.403 e. The molecule has 3 rings (SSSR count). The molecule has 28 heavy (non-hydrogen) atoms. The maximum Gasteiger partial charge on any atom is 0.573 e. The summed E-state index contributed by atoms with van der Waals surface area (Å²) in [6, 6.07) is 6.07. The molecule has 0 saturated carbocycles. The first-order valence-electron chi connectivity index (χ1n) is 8.08. The van der Waals surface area contributed by atoms with E-state index < -0.39 is 23.8 Å². The lowest BCUT2D eigenvalue weighted by atomic mass is 9.96. The maximum atomic E-state index is 14.0. The Morgan fingerprint density at radius 1 is 1.11 bits per heavy atom. The third-order valence-corrected chi connectivity index (χ3v) is 3.94. The van der Waals surface area contributed by atoms with Crippen molar-refractivity contribution in [2.75, 3.05) is 0 Å². The molecule has 146 valence electrons. The van der Waals surface area contributed by atoms with Gasteiger partial charge in [0.05, 0.1) is 17.1 Å². The van der Waals surface area contributed by atoms with Gasteiger partial charge in [-0.05, 0) is 30.7 Å². The normalized spacial score (nSPS) is 12.6. The predicted molar refractivity (Wildman–Crippen MR) is 91.2 cm³/mol. The zero-order chi connectivity index (χ0) is 20.5. The van der Waals surface area contributed by atoms with Gasteiger partial charge in [-0.1, -0.05) is 13.0 Å². The molecule has 1 atom stereocenters. The Hall–Kier alpha value is -3.30. The van der Waals surface area contributed by atoms with Crippen molar-refractivity contribution in [3.05, 3.63) is 69.9 Å². The van der Waals surface area contributed by atoms with Crippen LogP contribution in [0.3, 0.4) is 0 Å². The van der Waals surface area contributed by atoms with Gasteiger partial charge in [-0.15, -0.1) is 13.2 Å². The van der Waals surface area contributed by atoms with Crippen LogP contribution >= 0.6 is 0 Å². The number of nitrogens with one attached hydrogen (secondary N) is 1. The summed E-state index contributed by atoms with van der Waals surface area (Å²) in [5.41, 5.74) is 1.28. The molecule has 0 aliphatic rings. The number of benzene rings is 1. The van der Waals surface area contributed by atoms with Gasteiger partial charge in [0, 0.05) is 12.0 Å². The molecule has 1 N–H and O–H groups in total. The van der Waals surface area contributed by atoms with Crippen LogP contribution in [-0.4, -0.2) is 26.3 Å². The van der Waals surface area contributed by atoms with Gasteiger partial charge in [-0.2, -0.15) is 0 Å². The second kappa shape index (κ2) is 7.37. The minimum absolute atomic E-state index is 0.335. The lowest BCUT2D eigenvalue weighted by molar-refractivity contribution is -0.275. The van der Waals surface area contributed by atoms with Crippen molar-refractivity contribution in [3.63, 3.8) is 0 Å². The van der Waals surface area contributed by atoms with E-state index in [9.17, 15) is 22.4 Å². The molecule has 0 radical (unpaired) electrons. The fraction of sp³-hybridized carbons (Fsp3) is 0.222. The number of aryl methyl sites for hydroxylation is 1. The van der Waals surface area contributed by atoms with E-state index in [1.807, 2.05) is 0 Å². The standard InChI is InChI=1S/C18H14F4N4O2/c1-9(11-3-4-16(12(19)5-11)28-18(20,21)22)13-6-14(24-8-23-13)15-7-17(27)26-10(2)25-15/h3-9H,1-2H3,(H,25,26,27)/t9-/m1/s1. The summed E-state index contributed by atoms with van der Waals surface area (Å²) in [6.07, 6.45) is -3.70. The van der Waals surface area contributed by atoms with Gasteiger partial charge in [0.25, 0.3) is 5.56 Å². The van der Waals surface area contributed by atoms with Crippen molar-refractivity contribution in [2.45, 2.75) is 26.1 Å². The van der Waals surface area contributed by atoms with Crippen LogP contribution < -0.4 is 10.3 Å². The predicted octanol–water partition coefficient (Wildman–Crippen LogP) is 3.72. The largest absolute Gasteiger partial charge is 0.573 e. The van der Waals surface area contributed by atoms with Gasteiger partial charge >= 0.3 is 6.36 Å². The Morgan fingerprint density at radius 3 is 2.50 bits per heavy atom. The molecule has 0 aliphatic carbocycles. The van der Waals surface area contributed by atoms with E-state index in [2.05, 4.69) is 24.7 Å². The highest BCUT2D eigenvalue weighted by Gasteiger charge is 2.32. The van der Waals surface area contributed by atoms with Crippen molar-refractivity contribution < 1.29 is 22.3 Å². The Balaban J connectivity index is 1.92. The van der Waals surface area contributed by atoms with E-state index in [0.717, 1.165) is 12.1 Å². The van der Waals surface area contributed by atoms with E-state index in [-0.39, 0.29) is 5.56 Å². The second-order valence-corrected chi connectivity index (χ2v) is 6.00. The summed E-state index contributed by atoms with van der Waals surface area (Å²) in [5.74, 6) is -2.09. The van der Waals surface area contributed by atoms with Crippen molar-refractivity contribution >= 4 is 0 Å². The third-order valence-electron chi connectivity index (χ3n) is 3.94. The van der Waals surface area contributed by atoms with Gasteiger partial charge < -0.3 is 9.72 Å². The molecule has 0 saturated heterocycles. The Kier molecular flexibility index (Phi) is 5.12. The van der Waals surface area contributed by atoms with Gasteiger partial charge in [-0.3, -0.25) is 4.79 Å². The zero-order valence-electron chi connectivity index (χ0n) is 14.7. The van der Waals surface area contributed by atoms with Crippen LogP contribution in [-0.2, 0) is 0 Å². The summed E-state index contributed by atoms with van der Waals surface area (Å²) >= 11 is 0. The van der Waals surface area contributed by atoms with Crippen molar-refractivity contribution in [2.24, 2.45) is 0 Å². The third kappa shape index (κ3) is 4.51. The fourth-order valence-electron chi connectivity index (χ4n) is 2.62. The average molecular weight is 394 g/mol. The molecule has 0 bridgehead atoms. The zero-order valence-corrected chi connectivity index (χ0v) is 14.7. The number of rotatable bonds is 4. The van der Waals surface area contributed by atoms with Gasteiger partial charge in [0.15, 0.2) is 11.6 Å². The van der Waals surface area contributed by atoms with E-state index in [1.165, 1.54) is 18.5 Å². The van der Waals surface area contributed by atoms with Crippen molar-refractivity contribution in [1.29, 1.82) is 0 Å². The van der Waals surface area contributed by atoms with Crippen LogP contribution in [0.25, 0.3) is 11.4 Å². The fourth-order valence-corrected chi connectivity index (χ4v) is 2.62. The highest BCUT2D eigenvalue weighted by molar-refractivity contribution is 5.54. The number of halogens is 4. The monoisotopic (exact) mass is 394 g/mol. The number of H-pyrrole nitrogens is 1. The number of aromatic nitrogens is 4. The van der Waals surface area contributed by atoms with Crippen LogP contribution in [0.4, 0.5) is 17.6 Å². The molecule has 0 amide bonds. The number of hydrogen-bond donors (Lipinski definition) is 1. The van der Waals surface area contributed by atoms with Crippen LogP contribution in [0.1, 0.15) is 29.9 Å². The summed E-state index contributed by atoms with van der Waals surface area (Å²) < 4.78 is 54.4. The first-order valence-corrected chi connectivity index (χ1v) is 8.08. The minimum Gasteiger partial charge on any atom is -0.403 e. The maximum absolute atomic E-state index is 14.0. The molecule has 3 aromatic rings. The van der Waals surface area contributed by atoms with Crippen molar-refractivity contribution in [1.82, 2.24) is 19.9 Å². The molecular formula is C18H14F4N4O2. The van der Waals surface area contributed by atoms with Gasteiger partial charge in [-0.25, -0.2) is 19.3 Å². The van der Waals surface area contributed by atoms with E-state index >= 15 is 0 Å². The first kappa shape index (κ1) is 19.5. The molecule has 0 unspecified atom stereocenters. The summed E-state index contributed by atoms with van der Waals surface area (Å²) in [6.45, 7) is 3.34. The molecule has 2 aromatic heterocycles. The van der Waals surface area contributed by atoms with Gasteiger partial charge in [0.1, 0.15) is 12.2 Å². The topological polar surface area (TPSA) is 80.8 Å². The quantitative estimate of drug-likeness (QED) is 0.682. The Bertz CT molecular complexity index is 1070. The summed E-state index contributed by atoms with van der Waals surface area (Å²) in [7, 11) is 0. The molecule has 2 heterocycles. The Labute approximate surface area is 156 Å². The average Bonchev–Trinajstić information content (AvgIpc) is 2.61. The lowest BCUT2D eigenvalue weighted by Gasteiger charge is -2.14. The van der Waals surface area contributed by atoms with E-state index in [0.29, 0.717) is 28.5 Å². The SMILES string of the molecule is Cc1nc(-c2cc([C@H](C)c3ccc(OC(F)(F)F)c(F)c3)ncn2)cc(=O)[nH]1. The minimum atomic E-state index is -4.98. The number of alkyl halides is 3.